The van der Waals surface area contributed by atoms with Gasteiger partial charge in [0.15, 0.2) is 5.84 Å². The number of nitrogens with zero attached hydrogens (tertiary/aromatic N) is 3. The summed E-state index contributed by atoms with van der Waals surface area (Å²) in [5.74, 6) is -1.00. The van der Waals surface area contributed by atoms with Gasteiger partial charge in [-0.2, -0.15) is 0 Å². The number of allylic oxidation sites excluding steroid dienone is 1. The second-order valence-corrected chi connectivity index (χ2v) is 6.74. The first-order valence-electron chi connectivity index (χ1n) is 7.70. The predicted octanol–water partition coefficient (Wildman–Crippen LogP) is 3.16. The lowest BCUT2D eigenvalue weighted by molar-refractivity contribution is -0.133. The van der Waals surface area contributed by atoms with E-state index in [-0.39, 0.29) is 11.5 Å². The number of aryl methyl sites for hydroxylation is 1. The van der Waals surface area contributed by atoms with E-state index in [9.17, 15) is 14.7 Å². The number of hydrogen-bond acceptors (Lipinski definition) is 5. The molecule has 1 N–H and O–H groups in total. The molecule has 0 saturated heterocycles. The zero-order valence-electron chi connectivity index (χ0n) is 14.1. The number of aromatic nitrogens is 1. The maximum absolute atomic E-state index is 12.2. The van der Waals surface area contributed by atoms with Gasteiger partial charge in [0.05, 0.1) is 10.6 Å². The van der Waals surface area contributed by atoms with Gasteiger partial charge in [-0.1, -0.05) is 30.3 Å². The molecule has 0 radical (unpaired) electrons. The van der Waals surface area contributed by atoms with Gasteiger partial charge in [0.25, 0.3) is 0 Å². The number of aliphatic imine (C=N–C) groups is 1. The summed E-state index contributed by atoms with van der Waals surface area (Å²) >= 11 is 1.45. The molecule has 1 unspecified atom stereocenters. The standard InChI is InChI=1S/C18H17N3O3S/c1-10-15(18(23)24)16(13-7-5-4-6-8-13)20-17(21(10)12(3)22)14-9-25-11(2)19-14/h4-9,16H,1-3H3,(H,23,24). The maximum atomic E-state index is 12.2. The van der Waals surface area contributed by atoms with E-state index in [4.69, 9.17) is 0 Å². The van der Waals surface area contributed by atoms with Gasteiger partial charge in [-0.25, -0.2) is 9.78 Å². The van der Waals surface area contributed by atoms with Crippen LogP contribution in [0.4, 0.5) is 0 Å². The van der Waals surface area contributed by atoms with Crippen molar-refractivity contribution in [2.75, 3.05) is 0 Å². The van der Waals surface area contributed by atoms with Crippen LogP contribution in [0.15, 0.2) is 52.0 Å². The molecule has 2 aromatic rings. The fourth-order valence-electron chi connectivity index (χ4n) is 2.90. The molecule has 0 fully saturated rings. The van der Waals surface area contributed by atoms with Crippen LogP contribution in [0.25, 0.3) is 0 Å². The van der Waals surface area contributed by atoms with Crippen molar-refractivity contribution in [2.24, 2.45) is 4.99 Å². The Hall–Kier alpha value is -2.80. The Bertz CT molecular complexity index is 899. The molecule has 1 aliphatic heterocycles. The average Bonchev–Trinajstić information content (AvgIpc) is 3.00. The van der Waals surface area contributed by atoms with Crippen LogP contribution in [-0.4, -0.2) is 32.7 Å². The van der Waals surface area contributed by atoms with Crippen LogP contribution in [0.5, 0.6) is 0 Å². The van der Waals surface area contributed by atoms with Gasteiger partial charge in [-0.3, -0.25) is 14.7 Å². The second-order valence-electron chi connectivity index (χ2n) is 5.68. The van der Waals surface area contributed by atoms with E-state index in [1.54, 1.807) is 6.92 Å². The Kier molecular flexibility index (Phi) is 4.50. The van der Waals surface area contributed by atoms with E-state index in [0.717, 1.165) is 10.6 Å². The third-order valence-electron chi connectivity index (χ3n) is 3.97. The quantitative estimate of drug-likeness (QED) is 0.917. The van der Waals surface area contributed by atoms with Gasteiger partial charge in [-0.05, 0) is 19.4 Å². The third-order valence-corrected chi connectivity index (χ3v) is 4.74. The Morgan fingerprint density at radius 1 is 1.20 bits per heavy atom. The molecule has 1 aromatic heterocycles. The molecule has 0 bridgehead atoms. The fraction of sp³-hybridized carbons (Fsp3) is 0.222. The maximum Gasteiger partial charge on any atom is 0.335 e. The van der Waals surface area contributed by atoms with E-state index in [0.29, 0.717) is 17.2 Å². The first-order valence-corrected chi connectivity index (χ1v) is 8.58. The van der Waals surface area contributed by atoms with Crippen molar-refractivity contribution in [1.82, 2.24) is 9.88 Å². The minimum absolute atomic E-state index is 0.0945. The summed E-state index contributed by atoms with van der Waals surface area (Å²) in [4.78, 5) is 34.5. The molecule has 0 aliphatic carbocycles. The van der Waals surface area contributed by atoms with Crippen molar-refractivity contribution in [3.63, 3.8) is 0 Å². The Balaban J connectivity index is 2.23. The van der Waals surface area contributed by atoms with Crippen molar-refractivity contribution in [3.05, 3.63) is 63.2 Å². The van der Waals surface area contributed by atoms with E-state index in [1.165, 1.54) is 23.2 Å². The first-order chi connectivity index (χ1) is 11.9. The number of thiazole rings is 1. The van der Waals surface area contributed by atoms with Crippen LogP contribution in [0, 0.1) is 6.92 Å². The Morgan fingerprint density at radius 3 is 2.40 bits per heavy atom. The summed E-state index contributed by atoms with van der Waals surface area (Å²) in [6.45, 7) is 4.89. The molecule has 1 aromatic carbocycles. The number of amides is 1. The molecule has 2 heterocycles. The van der Waals surface area contributed by atoms with Crippen molar-refractivity contribution >= 4 is 29.0 Å². The van der Waals surface area contributed by atoms with Crippen molar-refractivity contribution < 1.29 is 14.7 Å². The van der Waals surface area contributed by atoms with Gasteiger partial charge < -0.3 is 5.11 Å². The van der Waals surface area contributed by atoms with Crippen LogP contribution in [0.1, 0.15) is 36.2 Å². The summed E-state index contributed by atoms with van der Waals surface area (Å²) in [7, 11) is 0. The van der Waals surface area contributed by atoms with Crippen LogP contribution in [0.3, 0.4) is 0 Å². The van der Waals surface area contributed by atoms with Gasteiger partial charge in [0, 0.05) is 18.0 Å². The molecule has 1 amide bonds. The van der Waals surface area contributed by atoms with Crippen molar-refractivity contribution in [3.8, 4) is 0 Å². The Morgan fingerprint density at radius 2 is 1.88 bits per heavy atom. The number of benzene rings is 1. The lowest BCUT2D eigenvalue weighted by atomic mass is 9.95. The average molecular weight is 355 g/mol. The molecule has 1 aliphatic rings. The van der Waals surface area contributed by atoms with Gasteiger partial charge >= 0.3 is 5.97 Å². The largest absolute Gasteiger partial charge is 0.478 e. The number of carbonyl (C=O) groups is 2. The normalized spacial score (nSPS) is 17.5. The molecule has 0 spiro atoms. The molecule has 6 nitrogen and oxygen atoms in total. The number of carboxylic acid groups (broad SMARTS) is 1. The number of carbonyl (C=O) groups excluding carboxylic acids is 1. The van der Waals surface area contributed by atoms with E-state index >= 15 is 0 Å². The highest BCUT2D eigenvalue weighted by molar-refractivity contribution is 7.09. The summed E-state index contributed by atoms with van der Waals surface area (Å²) < 4.78 is 0. The predicted molar refractivity (Wildman–Crippen MR) is 95.4 cm³/mol. The van der Waals surface area contributed by atoms with Crippen molar-refractivity contribution in [1.29, 1.82) is 0 Å². The minimum atomic E-state index is -1.09. The van der Waals surface area contributed by atoms with E-state index in [2.05, 4.69) is 9.98 Å². The van der Waals surface area contributed by atoms with Crippen LogP contribution in [-0.2, 0) is 9.59 Å². The summed E-state index contributed by atoms with van der Waals surface area (Å²) in [6, 6.07) is 8.51. The minimum Gasteiger partial charge on any atom is -0.478 e. The highest BCUT2D eigenvalue weighted by Crippen LogP contribution is 2.35. The zero-order valence-corrected chi connectivity index (χ0v) is 14.9. The van der Waals surface area contributed by atoms with Crippen LogP contribution >= 0.6 is 11.3 Å². The number of carboxylic acids is 1. The molecular weight excluding hydrogens is 338 g/mol. The molecule has 128 valence electrons. The highest BCUT2D eigenvalue weighted by Gasteiger charge is 2.36. The lowest BCUT2D eigenvalue weighted by Crippen LogP contribution is -2.40. The van der Waals surface area contributed by atoms with Gasteiger partial charge in [0.1, 0.15) is 11.7 Å². The van der Waals surface area contributed by atoms with Crippen LogP contribution in [0.2, 0.25) is 0 Å². The van der Waals surface area contributed by atoms with E-state index < -0.39 is 12.0 Å². The van der Waals surface area contributed by atoms with Crippen LogP contribution < -0.4 is 0 Å². The Labute approximate surface area is 149 Å². The highest BCUT2D eigenvalue weighted by atomic mass is 32.1. The summed E-state index contributed by atoms with van der Waals surface area (Å²) in [6.07, 6.45) is 0. The summed E-state index contributed by atoms with van der Waals surface area (Å²) in [5.41, 5.74) is 1.79. The van der Waals surface area contributed by atoms with Gasteiger partial charge in [0.2, 0.25) is 5.91 Å². The third kappa shape index (κ3) is 3.10. The number of aliphatic carboxylic acids is 1. The van der Waals surface area contributed by atoms with Crippen molar-refractivity contribution in [2.45, 2.75) is 26.8 Å². The fourth-order valence-corrected chi connectivity index (χ4v) is 3.49. The topological polar surface area (TPSA) is 82.9 Å². The summed E-state index contributed by atoms with van der Waals surface area (Å²) in [5, 5.41) is 12.4. The molecule has 25 heavy (non-hydrogen) atoms. The number of hydrogen-bond donors (Lipinski definition) is 1. The van der Waals surface area contributed by atoms with Gasteiger partial charge in [-0.15, -0.1) is 11.3 Å². The lowest BCUT2D eigenvalue weighted by Gasteiger charge is -2.31. The number of amidine groups is 1. The molecule has 3 rings (SSSR count). The van der Waals surface area contributed by atoms with E-state index in [1.807, 2.05) is 42.6 Å². The SMILES string of the molecule is CC(=O)N1C(c2csc(C)n2)=NC(c2ccccc2)C(C(=O)O)=C1C. The molecular formula is C18H17N3O3S. The molecule has 1 atom stereocenters. The second kappa shape index (κ2) is 6.60. The monoisotopic (exact) mass is 355 g/mol. The molecule has 7 heteroatoms. The number of rotatable bonds is 3. The smallest absolute Gasteiger partial charge is 0.335 e. The molecule has 0 saturated carbocycles. The zero-order chi connectivity index (χ0) is 18.1. The first kappa shape index (κ1) is 17.0.